The number of fused-ring (bicyclic) bond motifs is 5. The molecule has 4 atom stereocenters. The number of hydrogen-bond donors (Lipinski definition) is 2. The van der Waals surface area contributed by atoms with E-state index in [1.54, 1.807) is 0 Å². The molecule has 208 valence electrons. The van der Waals surface area contributed by atoms with Crippen molar-refractivity contribution in [3.8, 4) is 17.1 Å². The molecule has 7 rings (SSSR count). The van der Waals surface area contributed by atoms with Crippen LogP contribution in [0.25, 0.3) is 22.0 Å². The van der Waals surface area contributed by atoms with Gasteiger partial charge in [0.25, 0.3) is 0 Å². The van der Waals surface area contributed by atoms with Crippen LogP contribution in [-0.4, -0.2) is 65.3 Å². The van der Waals surface area contributed by atoms with E-state index in [9.17, 15) is 9.18 Å². The number of nitrogens with zero attached hydrogens (tertiary/aromatic N) is 3. The lowest BCUT2D eigenvalue weighted by Crippen LogP contribution is -2.43. The molecule has 2 aromatic carbocycles. The van der Waals surface area contributed by atoms with E-state index < -0.39 is 6.17 Å². The summed E-state index contributed by atoms with van der Waals surface area (Å²) in [6.07, 6.45) is 5.26. The Labute approximate surface area is 238 Å². The summed E-state index contributed by atoms with van der Waals surface area (Å²) in [4.78, 5) is 23.3. The Morgan fingerprint density at radius 1 is 1.27 bits per heavy atom. The zero-order chi connectivity index (χ0) is 27.4. The van der Waals surface area contributed by atoms with Crippen LogP contribution in [0.15, 0.2) is 43.0 Å². The van der Waals surface area contributed by atoms with Crippen molar-refractivity contribution < 1.29 is 13.9 Å². The number of rotatable bonds is 9. The summed E-state index contributed by atoms with van der Waals surface area (Å²) in [7, 11) is 0. The highest BCUT2D eigenvalue weighted by Gasteiger charge is 2.49. The van der Waals surface area contributed by atoms with Crippen molar-refractivity contribution in [1.82, 2.24) is 20.2 Å². The van der Waals surface area contributed by atoms with Crippen LogP contribution in [0.3, 0.4) is 0 Å². The molecular formula is C31H33ClFN5O2. The summed E-state index contributed by atoms with van der Waals surface area (Å²) >= 11 is 6.93. The average molecular weight is 562 g/mol. The number of aromatic nitrogens is 2. The average Bonchev–Trinajstić information content (AvgIpc) is 3.27. The van der Waals surface area contributed by atoms with Gasteiger partial charge in [0.1, 0.15) is 18.6 Å². The number of alkyl halides is 1. The molecule has 1 aromatic heterocycles. The molecule has 1 saturated carbocycles. The molecule has 2 N–H and O–H groups in total. The van der Waals surface area contributed by atoms with Crippen LogP contribution in [-0.2, 0) is 11.2 Å². The fourth-order valence-corrected chi connectivity index (χ4v) is 7.46. The molecule has 2 aliphatic heterocycles. The highest BCUT2D eigenvalue weighted by atomic mass is 35.5. The molecule has 0 spiro atoms. The molecule has 7 nitrogen and oxygen atoms in total. The first-order valence-electron chi connectivity index (χ1n) is 14.2. The van der Waals surface area contributed by atoms with Crippen LogP contribution in [0.2, 0.25) is 5.02 Å². The molecule has 0 radical (unpaired) electrons. The maximum absolute atomic E-state index is 14.3. The zero-order valence-electron chi connectivity index (χ0n) is 22.4. The van der Waals surface area contributed by atoms with E-state index >= 15 is 0 Å². The third kappa shape index (κ3) is 4.51. The summed E-state index contributed by atoms with van der Waals surface area (Å²) in [5, 5.41) is 7.51. The highest BCUT2D eigenvalue weighted by Crippen LogP contribution is 2.59. The molecule has 40 heavy (non-hydrogen) atoms. The fraction of sp³-hybridized carbons (Fsp3) is 0.452. The Balaban J connectivity index is 1.23. The van der Waals surface area contributed by atoms with Gasteiger partial charge in [0, 0.05) is 42.0 Å². The number of nitrogens with one attached hydrogen (secondary N) is 2. The van der Waals surface area contributed by atoms with Crippen molar-refractivity contribution in [2.45, 2.75) is 49.7 Å². The van der Waals surface area contributed by atoms with Gasteiger partial charge in [0.2, 0.25) is 5.91 Å². The predicted octanol–water partition coefficient (Wildman–Crippen LogP) is 5.28. The van der Waals surface area contributed by atoms with Crippen LogP contribution in [0.5, 0.6) is 6.01 Å². The van der Waals surface area contributed by atoms with E-state index in [-0.39, 0.29) is 17.5 Å². The first kappa shape index (κ1) is 25.7. The number of amides is 1. The maximum Gasteiger partial charge on any atom is 0.319 e. The summed E-state index contributed by atoms with van der Waals surface area (Å²) in [6.45, 7) is 6.05. The molecule has 3 fully saturated rings. The maximum atomic E-state index is 14.3. The third-order valence-corrected chi connectivity index (χ3v) is 9.47. The summed E-state index contributed by atoms with van der Waals surface area (Å²) in [6, 6.07) is 10.7. The van der Waals surface area contributed by atoms with Crippen LogP contribution in [0.1, 0.15) is 42.7 Å². The van der Waals surface area contributed by atoms with E-state index in [4.69, 9.17) is 26.3 Å². The smallest absolute Gasteiger partial charge is 0.319 e. The van der Waals surface area contributed by atoms with Gasteiger partial charge in [0.05, 0.1) is 11.1 Å². The van der Waals surface area contributed by atoms with Gasteiger partial charge in [-0.15, -0.1) is 0 Å². The molecule has 3 aromatic rings. The van der Waals surface area contributed by atoms with Gasteiger partial charge in [-0.3, -0.25) is 9.69 Å². The third-order valence-electron chi connectivity index (χ3n) is 9.16. The van der Waals surface area contributed by atoms with Gasteiger partial charge >= 0.3 is 6.01 Å². The molecular weight excluding hydrogens is 529 g/mol. The molecule has 1 amide bonds. The molecule has 3 unspecified atom stereocenters. The SMILES string of the molecule is C=CC(=O)NCCNc1nc(OCC23CCCN2C[C@H](F)C3)nc2cc(-c3cccc4c3C3CC3C4)c(Cl)cc12. The number of anilines is 1. The lowest BCUT2D eigenvalue weighted by molar-refractivity contribution is -0.116. The second-order valence-corrected chi connectivity index (χ2v) is 12.1. The fourth-order valence-electron chi connectivity index (χ4n) is 7.19. The van der Waals surface area contributed by atoms with E-state index in [0.29, 0.717) is 49.4 Å². The van der Waals surface area contributed by atoms with Gasteiger partial charge in [-0.2, -0.15) is 9.97 Å². The first-order valence-corrected chi connectivity index (χ1v) is 14.6. The number of carbonyl (C=O) groups is 1. The summed E-state index contributed by atoms with van der Waals surface area (Å²) in [5.41, 5.74) is 5.42. The van der Waals surface area contributed by atoms with Crippen molar-refractivity contribution in [3.05, 3.63) is 59.1 Å². The van der Waals surface area contributed by atoms with Gasteiger partial charge in [-0.05, 0) is 79.0 Å². The Morgan fingerprint density at radius 2 is 2.17 bits per heavy atom. The predicted molar refractivity (Wildman–Crippen MR) is 155 cm³/mol. The number of halogens is 2. The van der Waals surface area contributed by atoms with Crippen LogP contribution in [0, 0.1) is 5.92 Å². The van der Waals surface area contributed by atoms with E-state index in [0.717, 1.165) is 48.2 Å². The monoisotopic (exact) mass is 561 g/mol. The van der Waals surface area contributed by atoms with Crippen molar-refractivity contribution in [1.29, 1.82) is 0 Å². The minimum absolute atomic E-state index is 0.234. The Kier molecular flexibility index (Phi) is 6.43. The van der Waals surface area contributed by atoms with Crippen LogP contribution < -0.4 is 15.4 Å². The van der Waals surface area contributed by atoms with Gasteiger partial charge in [-0.1, -0.05) is 36.4 Å². The van der Waals surface area contributed by atoms with Crippen molar-refractivity contribution >= 4 is 34.2 Å². The zero-order valence-corrected chi connectivity index (χ0v) is 23.1. The standard InChI is InChI=1S/C31H33ClFN5O2/c1-2-27(39)34-8-9-35-29-24-13-25(32)23(21-6-3-5-18-11-19-12-22(19)28(18)21)14-26(24)36-30(37-29)40-17-31-7-4-10-38(31)16-20(33)15-31/h2-3,5-6,13-14,19-20,22H,1,4,7-12,15-17H2,(H,34,39)(H,35,36,37)/t19?,20-,22?,31?/m1/s1. The first-order chi connectivity index (χ1) is 19.4. The molecule has 4 aliphatic rings. The van der Waals surface area contributed by atoms with E-state index in [2.05, 4.69) is 40.3 Å². The molecule has 2 saturated heterocycles. The van der Waals surface area contributed by atoms with Crippen molar-refractivity contribution in [3.63, 3.8) is 0 Å². The Bertz CT molecular complexity index is 1510. The minimum atomic E-state index is -0.826. The topological polar surface area (TPSA) is 79.4 Å². The quantitative estimate of drug-likeness (QED) is 0.273. The van der Waals surface area contributed by atoms with Crippen molar-refractivity contribution in [2.75, 3.05) is 38.1 Å². The molecule has 0 bridgehead atoms. The van der Waals surface area contributed by atoms with Crippen LogP contribution in [0.4, 0.5) is 10.2 Å². The largest absolute Gasteiger partial charge is 0.461 e. The Morgan fingerprint density at radius 3 is 3.05 bits per heavy atom. The van der Waals surface area contributed by atoms with E-state index in [1.807, 2.05) is 12.1 Å². The second-order valence-electron chi connectivity index (χ2n) is 11.7. The summed E-state index contributed by atoms with van der Waals surface area (Å²) in [5.74, 6) is 1.74. The summed E-state index contributed by atoms with van der Waals surface area (Å²) < 4.78 is 20.6. The number of benzene rings is 2. The lowest BCUT2D eigenvalue weighted by Gasteiger charge is -2.30. The minimum Gasteiger partial charge on any atom is -0.461 e. The number of ether oxygens (including phenoxy) is 1. The van der Waals surface area contributed by atoms with Gasteiger partial charge in [0.15, 0.2) is 0 Å². The molecule has 3 heterocycles. The number of carbonyl (C=O) groups excluding carboxylic acids is 1. The molecule has 2 aliphatic carbocycles. The Hall–Kier alpha value is -3.23. The lowest BCUT2D eigenvalue weighted by atomic mass is 9.93. The van der Waals surface area contributed by atoms with Gasteiger partial charge in [-0.25, -0.2) is 4.39 Å². The van der Waals surface area contributed by atoms with E-state index in [1.165, 1.54) is 29.2 Å². The molecule has 9 heteroatoms. The number of hydrogen-bond acceptors (Lipinski definition) is 6. The van der Waals surface area contributed by atoms with Crippen molar-refractivity contribution in [2.24, 2.45) is 5.92 Å². The second kappa shape index (κ2) is 10.00. The highest BCUT2D eigenvalue weighted by molar-refractivity contribution is 6.34. The van der Waals surface area contributed by atoms with Gasteiger partial charge < -0.3 is 15.4 Å². The van der Waals surface area contributed by atoms with Crippen LogP contribution >= 0.6 is 11.6 Å². The normalized spacial score (nSPS) is 26.3.